The average molecular weight is 591 g/mol. The largest absolute Gasteiger partial charge is 0.647 e. The Morgan fingerprint density at radius 1 is 0.537 bits per heavy atom. The highest BCUT2D eigenvalue weighted by Gasteiger charge is 2.34. The van der Waals surface area contributed by atoms with Crippen molar-refractivity contribution in [3.63, 3.8) is 0 Å². The van der Waals surface area contributed by atoms with E-state index in [-0.39, 0.29) is 23.0 Å². The maximum absolute atomic E-state index is 13.7. The van der Waals surface area contributed by atoms with Crippen molar-refractivity contribution in [3.8, 4) is 23.0 Å². The molecule has 0 aliphatic carbocycles. The Morgan fingerprint density at radius 2 is 0.854 bits per heavy atom. The first-order valence-electron chi connectivity index (χ1n) is 12.4. The molecular weight excluding hydrogens is 562 g/mol. The molecule has 210 valence electrons. The SMILES string of the molecule is C=CC(=CC=C(C)OP(=O)(Oc1ccccc1)Oc1ccccc1)OP(=O)(Oc1ccccc1)Oc1ccccc1. The summed E-state index contributed by atoms with van der Waals surface area (Å²) in [6.45, 7) is 5.27. The summed E-state index contributed by atoms with van der Waals surface area (Å²) < 4.78 is 61.3. The van der Waals surface area contributed by atoms with E-state index in [1.165, 1.54) is 18.2 Å². The van der Waals surface area contributed by atoms with Gasteiger partial charge in [0.25, 0.3) is 0 Å². The highest BCUT2D eigenvalue weighted by atomic mass is 31.2. The fourth-order valence-electron chi connectivity index (χ4n) is 3.22. The lowest BCUT2D eigenvalue weighted by Gasteiger charge is -2.20. The maximum Gasteiger partial charge on any atom is 0.647 e. The number of allylic oxidation sites excluding steroid dienone is 4. The van der Waals surface area contributed by atoms with Crippen LogP contribution in [0.5, 0.6) is 23.0 Å². The van der Waals surface area contributed by atoms with Crippen LogP contribution in [0.25, 0.3) is 0 Å². The lowest BCUT2D eigenvalue weighted by atomic mass is 10.3. The molecule has 0 fully saturated rings. The van der Waals surface area contributed by atoms with Crippen molar-refractivity contribution in [3.05, 3.63) is 158 Å². The van der Waals surface area contributed by atoms with E-state index >= 15 is 0 Å². The first-order valence-corrected chi connectivity index (χ1v) is 15.4. The van der Waals surface area contributed by atoms with Crippen LogP contribution in [0.3, 0.4) is 0 Å². The minimum absolute atomic E-state index is 0.0333. The van der Waals surface area contributed by atoms with Crippen LogP contribution in [0.2, 0.25) is 0 Å². The van der Waals surface area contributed by atoms with Crippen LogP contribution in [0.4, 0.5) is 0 Å². The van der Waals surface area contributed by atoms with Crippen molar-refractivity contribution in [2.45, 2.75) is 6.92 Å². The zero-order valence-electron chi connectivity index (χ0n) is 22.1. The van der Waals surface area contributed by atoms with Gasteiger partial charge in [-0.05, 0) is 73.7 Å². The van der Waals surface area contributed by atoms with Crippen LogP contribution < -0.4 is 18.1 Å². The average Bonchev–Trinajstić information content (AvgIpc) is 2.97. The Hall–Kier alpha value is -4.64. The van der Waals surface area contributed by atoms with E-state index in [4.69, 9.17) is 27.1 Å². The van der Waals surface area contributed by atoms with Gasteiger partial charge in [0.2, 0.25) is 0 Å². The minimum atomic E-state index is -4.24. The molecular formula is C31H28O8P2. The number of benzene rings is 4. The molecule has 4 aromatic carbocycles. The van der Waals surface area contributed by atoms with Gasteiger partial charge in [0.05, 0.1) is 0 Å². The van der Waals surface area contributed by atoms with E-state index < -0.39 is 15.6 Å². The van der Waals surface area contributed by atoms with Gasteiger partial charge in [-0.1, -0.05) is 79.4 Å². The molecule has 4 rings (SSSR count). The lowest BCUT2D eigenvalue weighted by Crippen LogP contribution is -2.05. The van der Waals surface area contributed by atoms with Crippen molar-refractivity contribution >= 4 is 15.6 Å². The quantitative estimate of drug-likeness (QED) is 0.0815. The number of phosphoric ester groups is 2. The maximum atomic E-state index is 13.7. The number of phosphoric acid groups is 2. The van der Waals surface area contributed by atoms with E-state index in [0.29, 0.717) is 11.5 Å². The van der Waals surface area contributed by atoms with Crippen molar-refractivity contribution in [1.29, 1.82) is 0 Å². The normalized spacial score (nSPS) is 12.1. The van der Waals surface area contributed by atoms with Gasteiger partial charge in [-0.25, -0.2) is 0 Å². The third-order valence-electron chi connectivity index (χ3n) is 5.00. The smallest absolute Gasteiger partial charge is 0.391 e. The molecule has 0 spiro atoms. The van der Waals surface area contributed by atoms with Gasteiger partial charge in [0.15, 0.2) is 0 Å². The fourth-order valence-corrected chi connectivity index (χ4v) is 5.78. The van der Waals surface area contributed by atoms with Gasteiger partial charge in [-0.3, -0.25) is 0 Å². The highest BCUT2D eigenvalue weighted by molar-refractivity contribution is 7.49. The fraction of sp³-hybridized carbons (Fsp3) is 0.0323. The zero-order valence-corrected chi connectivity index (χ0v) is 23.9. The predicted octanol–water partition coefficient (Wildman–Crippen LogP) is 9.53. The number of hydrogen-bond acceptors (Lipinski definition) is 8. The van der Waals surface area contributed by atoms with E-state index in [2.05, 4.69) is 6.58 Å². The summed E-state index contributed by atoms with van der Waals surface area (Å²) in [7, 11) is -8.43. The molecule has 0 aliphatic heterocycles. The van der Waals surface area contributed by atoms with Crippen molar-refractivity contribution < 1.29 is 36.3 Å². The number of para-hydroxylation sites is 4. The van der Waals surface area contributed by atoms with Crippen LogP contribution in [0.15, 0.2) is 158 Å². The van der Waals surface area contributed by atoms with Crippen LogP contribution in [-0.4, -0.2) is 0 Å². The molecule has 0 atom stereocenters. The van der Waals surface area contributed by atoms with Crippen LogP contribution in [0.1, 0.15) is 6.92 Å². The van der Waals surface area contributed by atoms with E-state index in [1.54, 1.807) is 128 Å². The summed E-state index contributed by atoms with van der Waals surface area (Å²) in [5.41, 5.74) is 0. The standard InChI is InChI=1S/C31H28O8P2/c1-3-27(35-41(33,38-30-20-12-6-13-21-30)39-31-22-14-7-15-23-31)25-24-26(2)34-40(32,36-28-16-8-4-9-17-28)37-29-18-10-5-11-19-29/h3-25H,1H2,2H3. The molecule has 0 amide bonds. The Balaban J connectivity index is 1.56. The summed E-state index contributed by atoms with van der Waals surface area (Å²) >= 11 is 0. The minimum Gasteiger partial charge on any atom is -0.391 e. The molecule has 0 saturated heterocycles. The van der Waals surface area contributed by atoms with Gasteiger partial charge < -0.3 is 27.1 Å². The van der Waals surface area contributed by atoms with Gasteiger partial charge in [0.1, 0.15) is 34.5 Å². The summed E-state index contributed by atoms with van der Waals surface area (Å²) in [5, 5.41) is 0. The molecule has 0 saturated carbocycles. The monoisotopic (exact) mass is 590 g/mol. The lowest BCUT2D eigenvalue weighted by molar-refractivity contribution is 0.255. The van der Waals surface area contributed by atoms with Gasteiger partial charge in [-0.2, -0.15) is 9.13 Å². The third-order valence-corrected chi connectivity index (χ3v) is 7.68. The third kappa shape index (κ3) is 9.50. The van der Waals surface area contributed by atoms with E-state index in [1.807, 2.05) is 0 Å². The molecule has 0 heterocycles. The van der Waals surface area contributed by atoms with Crippen LogP contribution >= 0.6 is 15.6 Å². The van der Waals surface area contributed by atoms with Crippen LogP contribution in [0, 0.1) is 0 Å². The molecule has 0 radical (unpaired) electrons. The van der Waals surface area contributed by atoms with Gasteiger partial charge >= 0.3 is 15.6 Å². The molecule has 41 heavy (non-hydrogen) atoms. The van der Waals surface area contributed by atoms with Crippen molar-refractivity contribution in [1.82, 2.24) is 0 Å². The van der Waals surface area contributed by atoms with Crippen molar-refractivity contribution in [2.24, 2.45) is 0 Å². The molecule has 0 aromatic heterocycles. The molecule has 10 heteroatoms. The molecule has 8 nitrogen and oxygen atoms in total. The predicted molar refractivity (Wildman–Crippen MR) is 158 cm³/mol. The molecule has 0 bridgehead atoms. The Morgan fingerprint density at radius 3 is 1.17 bits per heavy atom. The zero-order chi connectivity index (χ0) is 29.0. The van der Waals surface area contributed by atoms with E-state index in [0.717, 1.165) is 0 Å². The van der Waals surface area contributed by atoms with E-state index in [9.17, 15) is 9.13 Å². The summed E-state index contributed by atoms with van der Waals surface area (Å²) in [6.07, 6.45) is 4.16. The topological polar surface area (TPSA) is 89.5 Å². The first kappa shape index (κ1) is 29.3. The Labute approximate surface area is 239 Å². The summed E-state index contributed by atoms with van der Waals surface area (Å²) in [6, 6.07) is 34.0. The Bertz CT molecular complexity index is 1470. The summed E-state index contributed by atoms with van der Waals surface area (Å²) in [5.74, 6) is 1.33. The number of rotatable bonds is 14. The molecule has 0 aliphatic rings. The second kappa shape index (κ2) is 14.1. The second-order valence-electron chi connectivity index (χ2n) is 8.24. The van der Waals surface area contributed by atoms with Gasteiger partial charge in [-0.15, -0.1) is 0 Å². The van der Waals surface area contributed by atoms with Crippen molar-refractivity contribution in [2.75, 3.05) is 0 Å². The summed E-state index contributed by atoms with van der Waals surface area (Å²) in [4.78, 5) is 0. The van der Waals surface area contributed by atoms with Gasteiger partial charge in [0, 0.05) is 0 Å². The van der Waals surface area contributed by atoms with Crippen LogP contribution in [-0.2, 0) is 18.2 Å². The highest BCUT2D eigenvalue weighted by Crippen LogP contribution is 2.52. The molecule has 0 N–H and O–H groups in total. The number of hydrogen-bond donors (Lipinski definition) is 0. The first-order chi connectivity index (χ1) is 19.8. The molecule has 4 aromatic rings. The Kier molecular flexibility index (Phi) is 10.1. The second-order valence-corrected chi connectivity index (χ2v) is 11.1. The molecule has 0 unspecified atom stereocenters.